The number of benzene rings is 2. The van der Waals surface area contributed by atoms with E-state index in [1.807, 2.05) is 24.3 Å². The summed E-state index contributed by atoms with van der Waals surface area (Å²) in [4.78, 5) is 13.5. The second-order valence-electron chi connectivity index (χ2n) is 4.86. The molecular weight excluding hydrogens is 266 g/mol. The average Bonchev–Trinajstić information content (AvgIpc) is 2.49. The number of hydrogen-bond acceptors (Lipinski definition) is 4. The van der Waals surface area contributed by atoms with Crippen molar-refractivity contribution < 1.29 is 9.53 Å². The first kappa shape index (κ1) is 14.7. The van der Waals surface area contributed by atoms with Crippen molar-refractivity contribution in [2.45, 2.75) is 0 Å². The van der Waals surface area contributed by atoms with Gasteiger partial charge in [0.15, 0.2) is 0 Å². The minimum atomic E-state index is -0.0622. The Bertz CT molecular complexity index is 636. The number of carbonyl (C=O) groups excluding carboxylic acids is 1. The molecule has 1 amide bonds. The highest BCUT2D eigenvalue weighted by molar-refractivity contribution is 5.96. The second-order valence-corrected chi connectivity index (χ2v) is 4.86. The van der Waals surface area contributed by atoms with Crippen LogP contribution in [0.1, 0.15) is 10.4 Å². The van der Waals surface area contributed by atoms with Gasteiger partial charge in [0.05, 0.1) is 18.5 Å². The Hall–Kier alpha value is -2.69. The Balaban J connectivity index is 2.26. The molecule has 2 rings (SSSR count). The summed E-state index contributed by atoms with van der Waals surface area (Å²) < 4.78 is 5.12. The van der Waals surface area contributed by atoms with Gasteiger partial charge < -0.3 is 20.7 Å². The molecule has 5 nitrogen and oxygen atoms in total. The van der Waals surface area contributed by atoms with E-state index in [0.29, 0.717) is 16.9 Å². The third-order valence-electron chi connectivity index (χ3n) is 3.08. The van der Waals surface area contributed by atoms with Gasteiger partial charge in [-0.15, -0.1) is 0 Å². The lowest BCUT2D eigenvalue weighted by molar-refractivity contribution is 0.0827. The molecule has 3 N–H and O–H groups in total. The fraction of sp³-hybridized carbons (Fsp3) is 0.188. The first-order chi connectivity index (χ1) is 10.0. The standard InChI is InChI=1S/C16H19N3O2/c1-19(2)16(20)11-4-9-14(17)15(10-11)18-12-5-7-13(21-3)8-6-12/h4-10,18H,17H2,1-3H3. The Morgan fingerprint density at radius 3 is 2.38 bits per heavy atom. The summed E-state index contributed by atoms with van der Waals surface area (Å²) >= 11 is 0. The van der Waals surface area contributed by atoms with E-state index in [9.17, 15) is 4.79 Å². The van der Waals surface area contributed by atoms with Crippen LogP contribution in [0, 0.1) is 0 Å². The second kappa shape index (κ2) is 6.17. The van der Waals surface area contributed by atoms with Crippen LogP contribution in [0.15, 0.2) is 42.5 Å². The number of nitrogens with one attached hydrogen (secondary N) is 1. The molecule has 0 saturated heterocycles. The lowest BCUT2D eigenvalue weighted by Crippen LogP contribution is -2.21. The van der Waals surface area contributed by atoms with Crippen LogP contribution in [0.4, 0.5) is 17.1 Å². The normalized spacial score (nSPS) is 10.0. The number of methoxy groups -OCH3 is 1. The zero-order valence-electron chi connectivity index (χ0n) is 12.4. The van der Waals surface area contributed by atoms with Gasteiger partial charge in [0, 0.05) is 25.3 Å². The molecule has 0 radical (unpaired) electrons. The van der Waals surface area contributed by atoms with E-state index in [1.54, 1.807) is 39.4 Å². The van der Waals surface area contributed by atoms with Crippen molar-refractivity contribution in [3.05, 3.63) is 48.0 Å². The van der Waals surface area contributed by atoms with Crippen LogP contribution in [0.25, 0.3) is 0 Å². The van der Waals surface area contributed by atoms with Crippen LogP contribution in [0.5, 0.6) is 5.75 Å². The molecule has 0 spiro atoms. The lowest BCUT2D eigenvalue weighted by atomic mass is 10.1. The summed E-state index contributed by atoms with van der Waals surface area (Å²) in [6.07, 6.45) is 0. The minimum absolute atomic E-state index is 0.0622. The first-order valence-corrected chi connectivity index (χ1v) is 6.53. The Morgan fingerprint density at radius 1 is 1.14 bits per heavy atom. The number of rotatable bonds is 4. The van der Waals surface area contributed by atoms with Crippen molar-refractivity contribution in [2.75, 3.05) is 32.3 Å². The van der Waals surface area contributed by atoms with Gasteiger partial charge in [-0.25, -0.2) is 0 Å². The number of hydrogen-bond donors (Lipinski definition) is 2. The maximum absolute atomic E-state index is 12.0. The Labute approximate surface area is 124 Å². The maximum Gasteiger partial charge on any atom is 0.253 e. The molecule has 0 fully saturated rings. The zero-order chi connectivity index (χ0) is 15.4. The molecular formula is C16H19N3O2. The molecule has 0 aromatic heterocycles. The topological polar surface area (TPSA) is 67.6 Å². The van der Waals surface area contributed by atoms with Crippen LogP contribution in [-0.2, 0) is 0 Å². The molecule has 0 bridgehead atoms. The Morgan fingerprint density at radius 2 is 1.81 bits per heavy atom. The fourth-order valence-corrected chi connectivity index (χ4v) is 1.89. The third-order valence-corrected chi connectivity index (χ3v) is 3.08. The van der Waals surface area contributed by atoms with Crippen LogP contribution in [0.3, 0.4) is 0 Å². The third kappa shape index (κ3) is 3.45. The maximum atomic E-state index is 12.0. The Kier molecular flexibility index (Phi) is 4.33. The van der Waals surface area contributed by atoms with Gasteiger partial charge in [0.2, 0.25) is 0 Å². The van der Waals surface area contributed by atoms with Crippen molar-refractivity contribution >= 4 is 23.0 Å². The number of nitrogens with two attached hydrogens (primary N) is 1. The first-order valence-electron chi connectivity index (χ1n) is 6.53. The highest BCUT2D eigenvalue weighted by Crippen LogP contribution is 2.26. The van der Waals surface area contributed by atoms with Crippen LogP contribution >= 0.6 is 0 Å². The van der Waals surface area contributed by atoms with Crippen molar-refractivity contribution in [3.8, 4) is 5.75 Å². The summed E-state index contributed by atoms with van der Waals surface area (Å²) in [5, 5.41) is 3.21. The summed E-state index contributed by atoms with van der Waals surface area (Å²) in [7, 11) is 5.06. The van der Waals surface area contributed by atoms with Gasteiger partial charge in [-0.2, -0.15) is 0 Å². The molecule has 0 unspecified atom stereocenters. The average molecular weight is 285 g/mol. The molecule has 2 aromatic carbocycles. The zero-order valence-corrected chi connectivity index (χ0v) is 12.4. The van der Waals surface area contributed by atoms with Gasteiger partial charge in [0.1, 0.15) is 5.75 Å². The number of amides is 1. The molecule has 0 saturated carbocycles. The lowest BCUT2D eigenvalue weighted by Gasteiger charge is -2.14. The highest BCUT2D eigenvalue weighted by Gasteiger charge is 2.10. The fourth-order valence-electron chi connectivity index (χ4n) is 1.89. The smallest absolute Gasteiger partial charge is 0.253 e. The largest absolute Gasteiger partial charge is 0.497 e. The molecule has 0 aliphatic rings. The predicted molar refractivity (Wildman–Crippen MR) is 85.1 cm³/mol. The van der Waals surface area contributed by atoms with Gasteiger partial charge >= 0.3 is 0 Å². The predicted octanol–water partition coefficient (Wildman–Crippen LogP) is 2.72. The number of anilines is 3. The highest BCUT2D eigenvalue weighted by atomic mass is 16.5. The number of nitrogen functional groups attached to an aromatic ring is 1. The summed E-state index contributed by atoms with van der Waals surface area (Å²) in [6.45, 7) is 0. The summed E-state index contributed by atoms with van der Waals surface area (Å²) in [5.74, 6) is 0.720. The van der Waals surface area contributed by atoms with E-state index in [4.69, 9.17) is 10.5 Å². The summed E-state index contributed by atoms with van der Waals surface area (Å²) in [6, 6.07) is 12.7. The SMILES string of the molecule is COc1ccc(Nc2cc(C(=O)N(C)C)ccc2N)cc1. The van der Waals surface area contributed by atoms with Crippen molar-refractivity contribution in [1.29, 1.82) is 0 Å². The number of nitrogens with zero attached hydrogens (tertiary/aromatic N) is 1. The molecule has 0 aliphatic heterocycles. The van der Waals surface area contributed by atoms with Crippen LogP contribution in [0.2, 0.25) is 0 Å². The molecule has 0 aliphatic carbocycles. The van der Waals surface area contributed by atoms with E-state index in [-0.39, 0.29) is 5.91 Å². The number of carbonyl (C=O) groups is 1. The van der Waals surface area contributed by atoms with Crippen molar-refractivity contribution in [3.63, 3.8) is 0 Å². The van der Waals surface area contributed by atoms with Gasteiger partial charge in [-0.1, -0.05) is 0 Å². The van der Waals surface area contributed by atoms with E-state index >= 15 is 0 Å². The van der Waals surface area contributed by atoms with Gasteiger partial charge in [-0.05, 0) is 42.5 Å². The quantitative estimate of drug-likeness (QED) is 0.848. The van der Waals surface area contributed by atoms with E-state index in [2.05, 4.69) is 5.32 Å². The molecule has 110 valence electrons. The van der Waals surface area contributed by atoms with Crippen molar-refractivity contribution in [2.24, 2.45) is 0 Å². The van der Waals surface area contributed by atoms with Gasteiger partial charge in [-0.3, -0.25) is 4.79 Å². The van der Waals surface area contributed by atoms with E-state index < -0.39 is 0 Å². The molecule has 2 aromatic rings. The van der Waals surface area contributed by atoms with E-state index in [0.717, 1.165) is 11.4 Å². The van der Waals surface area contributed by atoms with Crippen molar-refractivity contribution in [1.82, 2.24) is 4.90 Å². The number of ether oxygens (including phenoxy) is 1. The molecule has 0 heterocycles. The molecule has 0 atom stereocenters. The summed E-state index contributed by atoms with van der Waals surface area (Å²) in [5.41, 5.74) is 8.70. The molecule has 21 heavy (non-hydrogen) atoms. The van der Waals surface area contributed by atoms with Crippen LogP contribution < -0.4 is 15.8 Å². The van der Waals surface area contributed by atoms with Crippen LogP contribution in [-0.4, -0.2) is 32.0 Å². The monoisotopic (exact) mass is 285 g/mol. The molecule has 5 heteroatoms. The van der Waals surface area contributed by atoms with E-state index in [1.165, 1.54) is 4.90 Å². The minimum Gasteiger partial charge on any atom is -0.497 e. The van der Waals surface area contributed by atoms with Gasteiger partial charge in [0.25, 0.3) is 5.91 Å².